The third kappa shape index (κ3) is 14.9. The van der Waals surface area contributed by atoms with E-state index in [1.54, 1.807) is 5.09 Å². The molecule has 5 amide bonds. The van der Waals surface area contributed by atoms with E-state index >= 15 is 0 Å². The molecule has 2 heterocycles. The summed E-state index contributed by atoms with van der Waals surface area (Å²) in [5, 5.41) is 48.0. The van der Waals surface area contributed by atoms with Crippen LogP contribution in [0.5, 0.6) is 0 Å². The van der Waals surface area contributed by atoms with Gasteiger partial charge in [0.2, 0.25) is 29.2 Å². The lowest BCUT2D eigenvalue weighted by Crippen LogP contribution is -2.70. The molecule has 0 spiro atoms. The number of esters is 2. The molecule has 0 radical (unpaired) electrons. The van der Waals surface area contributed by atoms with E-state index in [0.29, 0.717) is 6.92 Å². The minimum Gasteiger partial charge on any atom is -0.481 e. The molecule has 358 valence electrons. The van der Waals surface area contributed by atoms with E-state index in [2.05, 4.69) is 14.9 Å². The third-order valence-electron chi connectivity index (χ3n) is 9.55. The Hall–Kier alpha value is -4.19. The summed E-state index contributed by atoms with van der Waals surface area (Å²) in [6, 6.07) is -10.6. The molecule has 0 aliphatic carbocycles. The van der Waals surface area contributed by atoms with Crippen molar-refractivity contribution in [1.29, 1.82) is 0 Å². The number of phosphoric acid groups is 1. The average molecular weight is 950 g/mol. The summed E-state index contributed by atoms with van der Waals surface area (Å²) in [5.74, 6) is -12.8. The standard InChI is InChI=1S/C32H53N7O22P2/c1-12(38-62(53,54)61-63(55,56)57)25(46)37-18(9-10-20(42)43)26(47)35-13(2)27(48)39-28(49)17(34)8-6-7-16(33)24(45)32(39,5)31(52)60-29(50)14(3)58-23-21(36-15(4)41)30(51)59-19(11-40)22(23)44/h12-14,16-19,21-23,30,40,44,51H,6-11,33-34H2,1-5H3,(H,35,47)(H,36,41)(H,37,46)(H,42,43)(H2,38,53,54)(H2,55,56,57)/t12-,13+,14?,16?,17?,18+,19+,21+,22+,23+,30-,32-/m0/s1. The van der Waals surface area contributed by atoms with E-state index in [-0.39, 0.29) is 24.2 Å². The van der Waals surface area contributed by atoms with E-state index in [1.807, 2.05) is 5.32 Å². The number of carbonyl (C=O) groups excluding carboxylic acids is 8. The fourth-order valence-corrected chi connectivity index (χ4v) is 8.21. The lowest BCUT2D eigenvalue weighted by Gasteiger charge is -2.43. The van der Waals surface area contributed by atoms with Crippen molar-refractivity contribution in [2.24, 2.45) is 11.5 Å². The Bertz CT molecular complexity index is 1870. The van der Waals surface area contributed by atoms with Crippen molar-refractivity contribution < 1.29 is 106 Å². The second-order valence-electron chi connectivity index (χ2n) is 14.7. The maximum atomic E-state index is 14.2. The van der Waals surface area contributed by atoms with Crippen molar-refractivity contribution in [1.82, 2.24) is 25.9 Å². The molecule has 15 N–H and O–H groups in total. The number of hydrogen-bond acceptors (Lipinski definition) is 20. The number of aliphatic carboxylic acids is 1. The molecule has 2 fully saturated rings. The van der Waals surface area contributed by atoms with Gasteiger partial charge in [0.1, 0.15) is 36.4 Å². The molecular formula is C32H53N7O22P2. The number of imide groups is 1. The Morgan fingerprint density at radius 1 is 0.952 bits per heavy atom. The molecule has 2 aliphatic rings. The van der Waals surface area contributed by atoms with E-state index in [1.165, 1.54) is 0 Å². The second-order valence-corrected chi connectivity index (χ2v) is 17.6. The molecule has 4 unspecified atom stereocenters. The first kappa shape index (κ1) is 54.9. The lowest BCUT2D eigenvalue weighted by atomic mass is 9.87. The van der Waals surface area contributed by atoms with Gasteiger partial charge in [0.05, 0.1) is 24.7 Å². The molecule has 29 nitrogen and oxygen atoms in total. The van der Waals surface area contributed by atoms with Crippen molar-refractivity contribution in [2.75, 3.05) is 6.61 Å². The molecule has 0 saturated carbocycles. The van der Waals surface area contributed by atoms with Crippen LogP contribution in [0.3, 0.4) is 0 Å². The van der Waals surface area contributed by atoms with Gasteiger partial charge in [-0.05, 0) is 53.4 Å². The Morgan fingerprint density at radius 2 is 1.54 bits per heavy atom. The van der Waals surface area contributed by atoms with Crippen LogP contribution in [0.1, 0.15) is 66.7 Å². The van der Waals surface area contributed by atoms with Crippen LogP contribution >= 0.6 is 15.6 Å². The smallest absolute Gasteiger partial charge is 0.477 e. The van der Waals surface area contributed by atoms with Crippen molar-refractivity contribution >= 4 is 68.8 Å². The maximum absolute atomic E-state index is 14.2. The first-order valence-electron chi connectivity index (χ1n) is 18.8. The number of carboxylic acid groups (broad SMARTS) is 1. The highest BCUT2D eigenvalue weighted by Gasteiger charge is 2.57. The zero-order chi connectivity index (χ0) is 48.5. The number of nitrogens with two attached hydrogens (primary N) is 2. The zero-order valence-electron chi connectivity index (χ0n) is 34.3. The number of nitrogens with zero attached hydrogens (tertiary/aromatic N) is 1. The van der Waals surface area contributed by atoms with Crippen LogP contribution in [0.2, 0.25) is 0 Å². The van der Waals surface area contributed by atoms with E-state index < -0.39 is 161 Å². The predicted molar refractivity (Wildman–Crippen MR) is 204 cm³/mol. The Balaban J connectivity index is 2.49. The van der Waals surface area contributed by atoms with Gasteiger partial charge in [-0.2, -0.15) is 4.31 Å². The molecule has 31 heteroatoms. The van der Waals surface area contributed by atoms with Gasteiger partial charge in [-0.25, -0.2) is 23.8 Å². The summed E-state index contributed by atoms with van der Waals surface area (Å²) < 4.78 is 42.4. The lowest BCUT2D eigenvalue weighted by molar-refractivity contribution is -0.267. The molecule has 0 aromatic rings. The van der Waals surface area contributed by atoms with E-state index in [0.717, 1.165) is 27.7 Å². The van der Waals surface area contributed by atoms with Crippen LogP contribution in [0.4, 0.5) is 0 Å². The number of carboxylic acids is 1. The Morgan fingerprint density at radius 3 is 2.08 bits per heavy atom. The highest BCUT2D eigenvalue weighted by molar-refractivity contribution is 7.62. The zero-order valence-corrected chi connectivity index (χ0v) is 36.1. The van der Waals surface area contributed by atoms with Crippen molar-refractivity contribution in [3.05, 3.63) is 0 Å². The van der Waals surface area contributed by atoms with Gasteiger partial charge in [0.25, 0.3) is 5.91 Å². The summed E-state index contributed by atoms with van der Waals surface area (Å²) in [6.07, 6.45) is -10.8. The fraction of sp³-hybridized carbons (Fsp3) is 0.719. The van der Waals surface area contributed by atoms with Crippen LogP contribution in [0.25, 0.3) is 0 Å². The number of amides is 5. The maximum Gasteiger partial charge on any atom is 0.477 e. The summed E-state index contributed by atoms with van der Waals surface area (Å²) in [6.45, 7) is 3.62. The number of carbonyl (C=O) groups is 9. The monoisotopic (exact) mass is 949 g/mol. The number of aliphatic hydroxyl groups excluding tert-OH is 3. The van der Waals surface area contributed by atoms with Gasteiger partial charge < -0.3 is 76.7 Å². The number of ketones is 1. The van der Waals surface area contributed by atoms with Gasteiger partial charge >= 0.3 is 33.5 Å². The predicted octanol–water partition coefficient (Wildman–Crippen LogP) is -6.03. The summed E-state index contributed by atoms with van der Waals surface area (Å²) in [5.41, 5.74) is 9.00. The molecule has 13 atom stereocenters. The van der Waals surface area contributed by atoms with Crippen LogP contribution in [0.15, 0.2) is 0 Å². The molecule has 63 heavy (non-hydrogen) atoms. The van der Waals surface area contributed by atoms with Gasteiger partial charge in [-0.15, -0.1) is 0 Å². The Kier molecular flexibility index (Phi) is 19.7. The van der Waals surface area contributed by atoms with Crippen LogP contribution < -0.4 is 32.5 Å². The molecule has 2 saturated heterocycles. The van der Waals surface area contributed by atoms with Gasteiger partial charge in [0.15, 0.2) is 18.2 Å². The molecule has 0 aromatic carbocycles. The topological polar surface area (TPSA) is 470 Å². The van der Waals surface area contributed by atoms with E-state index in [4.69, 9.17) is 35.5 Å². The number of hydrogen-bond donors (Lipinski definition) is 13. The quantitative estimate of drug-likeness (QED) is 0.0345. The number of rotatable bonds is 18. The highest BCUT2D eigenvalue weighted by Crippen LogP contribution is 2.54. The average Bonchev–Trinajstić information content (AvgIpc) is 3.18. The van der Waals surface area contributed by atoms with Gasteiger partial charge in [-0.1, -0.05) is 0 Å². The number of Topliss-reactive ketones (excluding diaryl/α,β-unsaturated/α-hetero) is 1. The van der Waals surface area contributed by atoms with Crippen LogP contribution in [0, 0.1) is 0 Å². The normalized spacial score (nSPS) is 28.7. The minimum absolute atomic E-state index is 0.00204. The molecule has 2 rings (SSSR count). The number of aliphatic hydroxyl groups is 3. The van der Waals surface area contributed by atoms with Crippen LogP contribution in [-0.2, 0) is 70.8 Å². The molecular weight excluding hydrogens is 896 g/mol. The minimum atomic E-state index is -5.57. The first-order valence-corrected chi connectivity index (χ1v) is 21.9. The second kappa shape index (κ2) is 22.6. The highest BCUT2D eigenvalue weighted by atomic mass is 31.3. The van der Waals surface area contributed by atoms with Gasteiger partial charge in [-0.3, -0.25) is 38.5 Å². The number of ether oxygens (including phenoxy) is 3. The van der Waals surface area contributed by atoms with Crippen molar-refractivity contribution in [3.63, 3.8) is 0 Å². The summed E-state index contributed by atoms with van der Waals surface area (Å²) in [7, 11) is -10.9. The van der Waals surface area contributed by atoms with Crippen molar-refractivity contribution in [3.8, 4) is 0 Å². The van der Waals surface area contributed by atoms with Crippen molar-refractivity contribution in [2.45, 2.75) is 139 Å². The Labute approximate surface area is 357 Å². The van der Waals surface area contributed by atoms with Gasteiger partial charge in [0, 0.05) is 13.3 Å². The number of nitrogens with one attached hydrogen (secondary N) is 4. The summed E-state index contributed by atoms with van der Waals surface area (Å²) >= 11 is 0. The summed E-state index contributed by atoms with van der Waals surface area (Å²) in [4.78, 5) is 147. The SMILES string of the molecule is CC(=O)N[C@@H]1[C@@H](OC(C)C(=O)OC(=O)[C@]2(C)C(=O)C(N)CCCC(N)C(=O)N2C(=O)[C@@H](C)NC(=O)[C@@H](CCC(=O)O)NC(=O)[C@H](C)NP(=O)(O)OP(=O)(O)O)[C@H](O)[C@@H](CO)O[C@@H]1O. The fourth-order valence-electron chi connectivity index (χ4n) is 6.26. The van der Waals surface area contributed by atoms with E-state index in [9.17, 15) is 77.6 Å². The largest absolute Gasteiger partial charge is 0.481 e. The third-order valence-corrected chi connectivity index (χ3v) is 12.0. The van der Waals surface area contributed by atoms with Crippen LogP contribution in [-0.4, -0.2) is 172 Å². The molecule has 0 aromatic heterocycles. The first-order chi connectivity index (χ1) is 28.9. The molecule has 2 aliphatic heterocycles. The molecule has 0 bridgehead atoms.